The van der Waals surface area contributed by atoms with Gasteiger partial charge < -0.3 is 14.5 Å². The second-order valence-corrected chi connectivity index (χ2v) is 8.78. The summed E-state index contributed by atoms with van der Waals surface area (Å²) in [5, 5.41) is 8.98. The number of anilines is 2. The molecule has 1 aliphatic heterocycles. The molecule has 10 heteroatoms. The molecule has 0 aromatic carbocycles. The molecule has 0 unspecified atom stereocenters. The van der Waals surface area contributed by atoms with Gasteiger partial charge in [-0.25, -0.2) is 9.97 Å². The number of piperidine rings is 1. The van der Waals surface area contributed by atoms with Gasteiger partial charge in [-0.1, -0.05) is 12.7 Å². The van der Waals surface area contributed by atoms with E-state index < -0.39 is 11.7 Å². The van der Waals surface area contributed by atoms with E-state index in [1.54, 1.807) is 24.5 Å². The highest BCUT2D eigenvalue weighted by Crippen LogP contribution is 2.38. The summed E-state index contributed by atoms with van der Waals surface area (Å²) in [6, 6.07) is 3.75. The number of ether oxygens (including phenoxy) is 1. The van der Waals surface area contributed by atoms with Gasteiger partial charge in [0.05, 0.1) is 30.3 Å². The molecule has 1 saturated heterocycles. The molecule has 3 heterocycles. The SMILES string of the molecule is C=C/C(=C\C=C(/C)C(F)(F)F)N(c1cnccc1OC1CC1)C1CCN(c2ncc(C#N)cn2)CC1. The lowest BCUT2D eigenvalue weighted by molar-refractivity contribution is -0.0913. The Hall–Kier alpha value is -3.87. The van der Waals surface area contributed by atoms with Crippen LogP contribution in [0, 0.1) is 11.3 Å². The van der Waals surface area contributed by atoms with Crippen LogP contribution in [0.2, 0.25) is 0 Å². The smallest absolute Gasteiger partial charge is 0.412 e. The molecule has 0 radical (unpaired) electrons. The number of pyridine rings is 1. The first-order chi connectivity index (χ1) is 17.3. The zero-order chi connectivity index (χ0) is 25.7. The molecule has 1 saturated carbocycles. The van der Waals surface area contributed by atoms with Gasteiger partial charge in [0.15, 0.2) is 0 Å². The van der Waals surface area contributed by atoms with E-state index in [0.29, 0.717) is 54.6 Å². The van der Waals surface area contributed by atoms with Crippen molar-refractivity contribution < 1.29 is 17.9 Å². The Balaban J connectivity index is 1.63. The normalized spacial score (nSPS) is 17.5. The Morgan fingerprint density at radius 1 is 1.17 bits per heavy atom. The van der Waals surface area contributed by atoms with Crippen molar-refractivity contribution in [1.29, 1.82) is 5.26 Å². The lowest BCUT2D eigenvalue weighted by atomic mass is 10.0. The number of rotatable bonds is 8. The van der Waals surface area contributed by atoms with E-state index in [1.165, 1.54) is 18.5 Å². The zero-order valence-electron chi connectivity index (χ0n) is 19.9. The zero-order valence-corrected chi connectivity index (χ0v) is 19.9. The molecule has 2 aromatic heterocycles. The van der Waals surface area contributed by atoms with Gasteiger partial charge in [-0.2, -0.15) is 18.4 Å². The molecule has 188 valence electrons. The summed E-state index contributed by atoms with van der Waals surface area (Å²) in [5.41, 5.74) is 0.916. The lowest BCUT2D eigenvalue weighted by Gasteiger charge is -2.40. The molecule has 0 N–H and O–H groups in total. The summed E-state index contributed by atoms with van der Waals surface area (Å²) < 4.78 is 45.6. The topological polar surface area (TPSA) is 78.2 Å². The van der Waals surface area contributed by atoms with Crippen LogP contribution in [-0.4, -0.2) is 46.4 Å². The molecule has 4 rings (SSSR count). The first kappa shape index (κ1) is 25.2. The monoisotopic (exact) mass is 496 g/mol. The van der Waals surface area contributed by atoms with Crippen molar-refractivity contribution in [1.82, 2.24) is 15.0 Å². The van der Waals surface area contributed by atoms with Crippen molar-refractivity contribution in [3.63, 3.8) is 0 Å². The fraction of sp³-hybridized carbons (Fsp3) is 0.385. The van der Waals surface area contributed by atoms with Gasteiger partial charge in [-0.3, -0.25) is 4.98 Å². The molecule has 2 fully saturated rings. The summed E-state index contributed by atoms with van der Waals surface area (Å²) in [6.45, 7) is 6.20. The third kappa shape index (κ3) is 6.03. The van der Waals surface area contributed by atoms with Gasteiger partial charge in [0.25, 0.3) is 0 Å². The van der Waals surface area contributed by atoms with Gasteiger partial charge in [0.2, 0.25) is 5.95 Å². The summed E-state index contributed by atoms with van der Waals surface area (Å²) in [7, 11) is 0. The number of alkyl halides is 3. The van der Waals surface area contributed by atoms with Crippen molar-refractivity contribution >= 4 is 11.6 Å². The standard InChI is InChI=1S/C26H27F3N6O/c1-3-20(5-4-18(2)26(27,28)29)35(23-17-31-11-8-24(23)36-22-6-7-22)21-9-12-34(13-10-21)25-32-15-19(14-30)16-33-25/h3-5,8,11,15-17,21-22H,1,6-7,9-10,12-13H2,2H3/b18-4+,20-5+. The van der Waals surface area contributed by atoms with Crippen LogP contribution in [0.5, 0.6) is 5.75 Å². The minimum atomic E-state index is -4.41. The predicted molar refractivity (Wildman–Crippen MR) is 130 cm³/mol. The number of aromatic nitrogens is 3. The quantitative estimate of drug-likeness (QED) is 0.457. The highest BCUT2D eigenvalue weighted by Gasteiger charge is 2.32. The van der Waals surface area contributed by atoms with Crippen LogP contribution in [0.25, 0.3) is 0 Å². The summed E-state index contributed by atoms with van der Waals surface area (Å²) in [5.74, 6) is 1.19. The Morgan fingerprint density at radius 3 is 2.44 bits per heavy atom. The Bertz CT molecular complexity index is 1170. The van der Waals surface area contributed by atoms with E-state index in [-0.39, 0.29) is 12.1 Å². The molecule has 0 spiro atoms. The molecular formula is C26H27F3N6O. The first-order valence-corrected chi connectivity index (χ1v) is 11.8. The van der Waals surface area contributed by atoms with E-state index in [9.17, 15) is 13.2 Å². The fourth-order valence-corrected chi connectivity index (χ4v) is 3.98. The average Bonchev–Trinajstić information content (AvgIpc) is 3.71. The number of nitriles is 1. The second-order valence-electron chi connectivity index (χ2n) is 8.78. The minimum Gasteiger partial charge on any atom is -0.488 e. The number of allylic oxidation sites excluding steroid dienone is 4. The van der Waals surface area contributed by atoms with E-state index >= 15 is 0 Å². The molecule has 7 nitrogen and oxygen atoms in total. The van der Waals surface area contributed by atoms with Gasteiger partial charge in [-0.05, 0) is 44.8 Å². The van der Waals surface area contributed by atoms with E-state index in [1.807, 2.05) is 15.9 Å². The van der Waals surface area contributed by atoms with Crippen LogP contribution in [0.4, 0.5) is 24.8 Å². The van der Waals surface area contributed by atoms with Crippen LogP contribution >= 0.6 is 0 Å². The molecule has 0 atom stereocenters. The average molecular weight is 497 g/mol. The van der Waals surface area contributed by atoms with Crippen LogP contribution < -0.4 is 14.5 Å². The first-order valence-electron chi connectivity index (χ1n) is 11.8. The van der Waals surface area contributed by atoms with Gasteiger partial charge in [0.1, 0.15) is 17.5 Å². The van der Waals surface area contributed by atoms with Crippen molar-refractivity contribution in [2.24, 2.45) is 0 Å². The molecular weight excluding hydrogens is 469 g/mol. The number of hydrogen-bond acceptors (Lipinski definition) is 7. The molecule has 1 aliphatic carbocycles. The molecule has 0 amide bonds. The Labute approximate surface area is 208 Å². The van der Waals surface area contributed by atoms with Crippen LogP contribution in [-0.2, 0) is 0 Å². The summed E-state index contributed by atoms with van der Waals surface area (Å²) in [6.07, 6.45) is 9.46. The van der Waals surface area contributed by atoms with Gasteiger partial charge in [-0.15, -0.1) is 0 Å². The van der Waals surface area contributed by atoms with Crippen LogP contribution in [0.1, 0.15) is 38.2 Å². The Kier molecular flexibility index (Phi) is 7.58. The van der Waals surface area contributed by atoms with Gasteiger partial charge >= 0.3 is 6.18 Å². The van der Waals surface area contributed by atoms with Gasteiger partial charge in [0, 0.05) is 42.7 Å². The Morgan fingerprint density at radius 2 is 1.86 bits per heavy atom. The minimum absolute atomic E-state index is 0.0470. The highest BCUT2D eigenvalue weighted by atomic mass is 19.4. The molecule has 36 heavy (non-hydrogen) atoms. The molecule has 2 aliphatic rings. The largest absolute Gasteiger partial charge is 0.488 e. The maximum atomic E-state index is 13.1. The van der Waals surface area contributed by atoms with Crippen molar-refractivity contribution in [3.05, 3.63) is 72.5 Å². The third-order valence-electron chi connectivity index (χ3n) is 6.16. The fourth-order valence-electron chi connectivity index (χ4n) is 3.98. The summed E-state index contributed by atoms with van der Waals surface area (Å²) >= 11 is 0. The second kappa shape index (κ2) is 10.8. The lowest BCUT2D eigenvalue weighted by Crippen LogP contribution is -2.45. The van der Waals surface area contributed by atoms with Crippen molar-refractivity contribution in [2.45, 2.75) is 50.9 Å². The highest BCUT2D eigenvalue weighted by molar-refractivity contribution is 5.64. The molecule has 2 aromatic rings. The van der Waals surface area contributed by atoms with E-state index in [0.717, 1.165) is 25.8 Å². The van der Waals surface area contributed by atoms with E-state index in [4.69, 9.17) is 10.00 Å². The maximum Gasteiger partial charge on any atom is 0.412 e. The summed E-state index contributed by atoms with van der Waals surface area (Å²) in [4.78, 5) is 16.9. The van der Waals surface area contributed by atoms with Crippen molar-refractivity contribution in [2.75, 3.05) is 22.9 Å². The number of hydrogen-bond donors (Lipinski definition) is 0. The van der Waals surface area contributed by atoms with Crippen molar-refractivity contribution in [3.8, 4) is 11.8 Å². The number of nitrogens with zero attached hydrogens (tertiary/aromatic N) is 6. The van der Waals surface area contributed by atoms with E-state index in [2.05, 4.69) is 21.5 Å². The number of halogens is 3. The predicted octanol–water partition coefficient (Wildman–Crippen LogP) is 5.34. The van der Waals surface area contributed by atoms with Crippen LogP contribution in [0.3, 0.4) is 0 Å². The maximum absolute atomic E-state index is 13.1. The third-order valence-corrected chi connectivity index (χ3v) is 6.16. The molecule has 0 bridgehead atoms. The van der Waals surface area contributed by atoms with Crippen LogP contribution in [0.15, 0.2) is 66.9 Å².